The van der Waals surface area contributed by atoms with Crippen molar-refractivity contribution in [2.45, 2.75) is 6.61 Å². The Hall–Kier alpha value is -3.34. The molecule has 0 radical (unpaired) electrons. The zero-order chi connectivity index (χ0) is 17.6. The number of carbonyl (C=O) groups is 1. The summed E-state index contributed by atoms with van der Waals surface area (Å²) in [5, 5.41) is 8.83. The second kappa shape index (κ2) is 7.49. The number of hydrogen-bond donors (Lipinski definition) is 1. The summed E-state index contributed by atoms with van der Waals surface area (Å²) in [6, 6.07) is 16.6. The number of furan rings is 1. The summed E-state index contributed by atoms with van der Waals surface area (Å²) < 4.78 is 23.8. The third kappa shape index (κ3) is 4.57. The molecule has 1 N–H and O–H groups in total. The van der Waals surface area contributed by atoms with E-state index in [2.05, 4.69) is 0 Å². The van der Waals surface area contributed by atoms with Crippen molar-refractivity contribution < 1.29 is 23.4 Å². The van der Waals surface area contributed by atoms with Gasteiger partial charge in [-0.25, -0.2) is 9.18 Å². The lowest BCUT2D eigenvalue weighted by molar-refractivity contribution is 0.0662. The standard InChI is InChI=1S/C20H15FO4/c21-16-7-4-15(5-8-16)13-24-18-3-1-2-14(12-18)6-9-17-10-11-19(25-17)20(22)23/h1-12H,13H2,(H,22,23)/b9-6-. The van der Waals surface area contributed by atoms with E-state index < -0.39 is 5.97 Å². The van der Waals surface area contributed by atoms with Crippen molar-refractivity contribution in [3.63, 3.8) is 0 Å². The van der Waals surface area contributed by atoms with E-state index in [1.54, 1.807) is 30.4 Å². The van der Waals surface area contributed by atoms with E-state index in [0.717, 1.165) is 11.1 Å². The largest absolute Gasteiger partial charge is 0.489 e. The highest BCUT2D eigenvalue weighted by atomic mass is 19.1. The number of rotatable bonds is 6. The monoisotopic (exact) mass is 338 g/mol. The molecular weight excluding hydrogens is 323 g/mol. The fraction of sp³-hybridized carbons (Fsp3) is 0.0500. The van der Waals surface area contributed by atoms with E-state index in [-0.39, 0.29) is 11.6 Å². The summed E-state index contributed by atoms with van der Waals surface area (Å²) in [7, 11) is 0. The second-order valence-electron chi connectivity index (χ2n) is 5.33. The lowest BCUT2D eigenvalue weighted by Crippen LogP contribution is -1.95. The number of benzene rings is 2. The first kappa shape index (κ1) is 16.5. The molecule has 5 heteroatoms. The Morgan fingerprint density at radius 1 is 1.08 bits per heavy atom. The van der Waals surface area contributed by atoms with Gasteiger partial charge in [0.2, 0.25) is 5.76 Å². The molecule has 1 aromatic heterocycles. The summed E-state index contributed by atoms with van der Waals surface area (Å²) in [5.41, 5.74) is 1.75. The van der Waals surface area contributed by atoms with E-state index in [0.29, 0.717) is 18.1 Å². The van der Waals surface area contributed by atoms with E-state index >= 15 is 0 Å². The van der Waals surface area contributed by atoms with E-state index in [4.69, 9.17) is 14.3 Å². The van der Waals surface area contributed by atoms with Crippen molar-refractivity contribution in [2.75, 3.05) is 0 Å². The Balaban J connectivity index is 1.65. The molecule has 0 saturated carbocycles. The molecule has 0 bridgehead atoms. The predicted molar refractivity (Wildman–Crippen MR) is 91.8 cm³/mol. The van der Waals surface area contributed by atoms with Crippen LogP contribution in [0.25, 0.3) is 12.2 Å². The number of ether oxygens (including phenoxy) is 1. The second-order valence-corrected chi connectivity index (χ2v) is 5.33. The summed E-state index contributed by atoms with van der Waals surface area (Å²) in [5.74, 6) is -0.348. The van der Waals surface area contributed by atoms with Crippen LogP contribution in [0.1, 0.15) is 27.4 Å². The molecule has 0 saturated heterocycles. The fourth-order valence-corrected chi connectivity index (χ4v) is 2.19. The van der Waals surface area contributed by atoms with Crippen LogP contribution < -0.4 is 4.74 Å². The Labute approximate surface area is 143 Å². The van der Waals surface area contributed by atoms with E-state index in [1.165, 1.54) is 18.2 Å². The molecule has 3 aromatic rings. The SMILES string of the molecule is O=C(O)c1ccc(/C=C\c2cccc(OCc3ccc(F)cc3)c2)o1. The zero-order valence-electron chi connectivity index (χ0n) is 13.2. The van der Waals surface area contributed by atoms with Gasteiger partial charge in [-0.2, -0.15) is 0 Å². The van der Waals surface area contributed by atoms with Gasteiger partial charge >= 0.3 is 5.97 Å². The van der Waals surface area contributed by atoms with Crippen LogP contribution in [-0.2, 0) is 6.61 Å². The molecule has 0 spiro atoms. The minimum Gasteiger partial charge on any atom is -0.489 e. The summed E-state index contributed by atoms with van der Waals surface area (Å²) in [6.45, 7) is 0.341. The van der Waals surface area contributed by atoms with Gasteiger partial charge in [-0.3, -0.25) is 0 Å². The van der Waals surface area contributed by atoms with Gasteiger partial charge in [0.15, 0.2) is 0 Å². The van der Waals surface area contributed by atoms with Crippen molar-refractivity contribution in [1.29, 1.82) is 0 Å². The average Bonchev–Trinajstić information content (AvgIpc) is 3.09. The van der Waals surface area contributed by atoms with Crippen LogP contribution in [0.3, 0.4) is 0 Å². The first-order valence-corrected chi connectivity index (χ1v) is 7.59. The Bertz CT molecular complexity index is 894. The molecule has 3 rings (SSSR count). The molecule has 0 aliphatic heterocycles. The summed E-state index contributed by atoms with van der Waals surface area (Å²) in [6.07, 6.45) is 3.49. The summed E-state index contributed by atoms with van der Waals surface area (Å²) in [4.78, 5) is 10.8. The molecule has 1 heterocycles. The Morgan fingerprint density at radius 2 is 1.88 bits per heavy atom. The van der Waals surface area contributed by atoms with Crippen LogP contribution in [0.15, 0.2) is 65.1 Å². The average molecular weight is 338 g/mol. The van der Waals surface area contributed by atoms with Crippen LogP contribution in [-0.4, -0.2) is 11.1 Å². The highest BCUT2D eigenvalue weighted by molar-refractivity contribution is 5.85. The Morgan fingerprint density at radius 3 is 2.60 bits per heavy atom. The number of carboxylic acids is 1. The van der Waals surface area contributed by atoms with Crippen LogP contribution >= 0.6 is 0 Å². The maximum absolute atomic E-state index is 12.9. The third-order valence-electron chi connectivity index (χ3n) is 3.45. The minimum absolute atomic E-state index is 0.101. The normalized spacial score (nSPS) is 10.9. The van der Waals surface area contributed by atoms with Crippen LogP contribution in [0.2, 0.25) is 0 Å². The molecule has 0 amide bonds. The van der Waals surface area contributed by atoms with Gasteiger partial charge in [0, 0.05) is 0 Å². The maximum atomic E-state index is 12.9. The minimum atomic E-state index is -1.10. The molecule has 0 aliphatic rings. The van der Waals surface area contributed by atoms with Crippen molar-refractivity contribution in [3.8, 4) is 5.75 Å². The molecule has 126 valence electrons. The first-order valence-electron chi connectivity index (χ1n) is 7.59. The Kier molecular flexibility index (Phi) is 4.95. The molecule has 2 aromatic carbocycles. The highest BCUT2D eigenvalue weighted by Crippen LogP contribution is 2.18. The first-order chi connectivity index (χ1) is 12.1. The van der Waals surface area contributed by atoms with Crippen LogP contribution in [0.5, 0.6) is 5.75 Å². The molecule has 0 fully saturated rings. The van der Waals surface area contributed by atoms with Crippen molar-refractivity contribution >= 4 is 18.1 Å². The quantitative estimate of drug-likeness (QED) is 0.697. The molecule has 4 nitrogen and oxygen atoms in total. The predicted octanol–water partition coefficient (Wildman–Crippen LogP) is 4.87. The zero-order valence-corrected chi connectivity index (χ0v) is 13.2. The number of hydrogen-bond acceptors (Lipinski definition) is 3. The van der Waals surface area contributed by atoms with Crippen molar-refractivity contribution in [1.82, 2.24) is 0 Å². The number of aromatic carboxylic acids is 1. The van der Waals surface area contributed by atoms with Gasteiger partial charge in [0.25, 0.3) is 0 Å². The topological polar surface area (TPSA) is 59.7 Å². The van der Waals surface area contributed by atoms with E-state index in [9.17, 15) is 9.18 Å². The molecule has 0 atom stereocenters. The van der Waals surface area contributed by atoms with Crippen LogP contribution in [0, 0.1) is 5.82 Å². The molecule has 0 unspecified atom stereocenters. The van der Waals surface area contributed by atoms with E-state index in [1.807, 2.05) is 24.3 Å². The number of carboxylic acid groups (broad SMARTS) is 1. The van der Waals surface area contributed by atoms with Crippen molar-refractivity contribution in [2.24, 2.45) is 0 Å². The van der Waals surface area contributed by atoms with Gasteiger partial charge < -0.3 is 14.3 Å². The third-order valence-corrected chi connectivity index (χ3v) is 3.45. The molecular formula is C20H15FO4. The fourth-order valence-electron chi connectivity index (χ4n) is 2.19. The smallest absolute Gasteiger partial charge is 0.371 e. The molecule has 25 heavy (non-hydrogen) atoms. The van der Waals surface area contributed by atoms with Gasteiger partial charge in [-0.15, -0.1) is 0 Å². The lowest BCUT2D eigenvalue weighted by atomic mass is 10.2. The molecule has 0 aliphatic carbocycles. The van der Waals surface area contributed by atoms with Gasteiger partial charge in [-0.05, 0) is 53.6 Å². The highest BCUT2D eigenvalue weighted by Gasteiger charge is 2.06. The summed E-state index contributed by atoms with van der Waals surface area (Å²) >= 11 is 0. The maximum Gasteiger partial charge on any atom is 0.371 e. The lowest BCUT2D eigenvalue weighted by Gasteiger charge is -2.07. The number of halogens is 1. The van der Waals surface area contributed by atoms with Gasteiger partial charge in [0.1, 0.15) is 23.9 Å². The van der Waals surface area contributed by atoms with Crippen molar-refractivity contribution in [3.05, 3.63) is 89.1 Å². The van der Waals surface area contributed by atoms with Crippen LogP contribution in [0.4, 0.5) is 4.39 Å². The van der Waals surface area contributed by atoms with Gasteiger partial charge in [0.05, 0.1) is 0 Å². The van der Waals surface area contributed by atoms with Gasteiger partial charge in [-0.1, -0.05) is 30.3 Å².